The monoisotopic (exact) mass is 308 g/mol. The van der Waals surface area contributed by atoms with Crippen LogP contribution >= 0.6 is 0 Å². The second-order valence-electron chi connectivity index (χ2n) is 4.73. The predicted octanol–water partition coefficient (Wildman–Crippen LogP) is 2.84. The molecule has 0 saturated heterocycles. The number of rotatable bonds is 5. The van der Waals surface area contributed by atoms with E-state index in [1.165, 1.54) is 6.08 Å². The Morgan fingerprint density at radius 1 is 1.17 bits per heavy atom. The van der Waals surface area contributed by atoms with Crippen molar-refractivity contribution in [2.45, 2.75) is 12.7 Å². The molecule has 1 atom stereocenters. The Hall–Kier alpha value is -3.10. The first-order valence-corrected chi connectivity index (χ1v) is 7.01. The molecule has 0 aliphatic heterocycles. The smallest absolute Gasteiger partial charge is 0.411 e. The van der Waals surface area contributed by atoms with Gasteiger partial charge in [-0.05, 0) is 17.2 Å². The molecule has 0 aliphatic rings. The van der Waals surface area contributed by atoms with Gasteiger partial charge in [-0.1, -0.05) is 60.7 Å². The van der Waals surface area contributed by atoms with Crippen LogP contribution in [0.3, 0.4) is 0 Å². The number of alkyl carbamates (subject to hydrolysis) is 1. The number of hydrogen-bond donors (Lipinski definition) is 2. The average Bonchev–Trinajstić information content (AvgIpc) is 2.60. The summed E-state index contributed by atoms with van der Waals surface area (Å²) in [4.78, 5) is 11.8. The fourth-order valence-electron chi connectivity index (χ4n) is 1.86. The van der Waals surface area contributed by atoms with Gasteiger partial charge in [0.2, 0.25) is 0 Å². The van der Waals surface area contributed by atoms with Gasteiger partial charge >= 0.3 is 6.09 Å². The van der Waals surface area contributed by atoms with Crippen LogP contribution in [-0.2, 0) is 11.3 Å². The topological polar surface area (TPSA) is 82.4 Å². The number of benzene rings is 2. The highest BCUT2D eigenvalue weighted by Crippen LogP contribution is 2.09. The lowest BCUT2D eigenvalue weighted by Gasteiger charge is -2.11. The number of aliphatic hydroxyl groups is 1. The van der Waals surface area contributed by atoms with Crippen LogP contribution in [0, 0.1) is 11.3 Å². The number of nitriles is 1. The third-order valence-electron chi connectivity index (χ3n) is 3.00. The number of ether oxygens (including phenoxy) is 1. The normalized spacial score (nSPS) is 12.1. The molecule has 2 aromatic carbocycles. The lowest BCUT2D eigenvalue weighted by atomic mass is 10.1. The van der Waals surface area contributed by atoms with E-state index in [4.69, 9.17) is 10.00 Å². The van der Waals surface area contributed by atoms with Gasteiger partial charge in [0.1, 0.15) is 12.7 Å². The van der Waals surface area contributed by atoms with Crippen molar-refractivity contribution in [3.8, 4) is 6.07 Å². The molecule has 2 rings (SSSR count). The Morgan fingerprint density at radius 3 is 2.39 bits per heavy atom. The third kappa shape index (κ3) is 5.30. The summed E-state index contributed by atoms with van der Waals surface area (Å²) < 4.78 is 5.08. The first kappa shape index (κ1) is 16.3. The molecule has 5 nitrogen and oxygen atoms in total. The SMILES string of the molecule is N#CC(O)/C(=C/c1ccccc1)NC(=O)OCc1ccccc1. The van der Waals surface area contributed by atoms with Crippen LogP contribution in [0.4, 0.5) is 4.79 Å². The van der Waals surface area contributed by atoms with Crippen molar-refractivity contribution in [2.24, 2.45) is 0 Å². The maximum atomic E-state index is 11.8. The van der Waals surface area contributed by atoms with Gasteiger partial charge in [0.05, 0.1) is 5.70 Å². The minimum absolute atomic E-state index is 0.0664. The number of amides is 1. The number of carbonyl (C=O) groups is 1. The molecule has 5 heteroatoms. The van der Waals surface area contributed by atoms with Crippen LogP contribution in [-0.4, -0.2) is 17.3 Å². The molecule has 0 heterocycles. The molecular weight excluding hydrogens is 292 g/mol. The summed E-state index contributed by atoms with van der Waals surface area (Å²) in [5, 5.41) is 21.0. The summed E-state index contributed by atoms with van der Waals surface area (Å²) in [5.74, 6) is 0. The van der Waals surface area contributed by atoms with Crippen LogP contribution in [0.1, 0.15) is 11.1 Å². The Balaban J connectivity index is 2.02. The van der Waals surface area contributed by atoms with Crippen LogP contribution < -0.4 is 5.32 Å². The summed E-state index contributed by atoms with van der Waals surface area (Å²) >= 11 is 0. The highest BCUT2D eigenvalue weighted by molar-refractivity contribution is 5.72. The minimum Gasteiger partial charge on any atom is -0.444 e. The fourth-order valence-corrected chi connectivity index (χ4v) is 1.86. The molecule has 2 N–H and O–H groups in total. The number of carbonyl (C=O) groups excluding carboxylic acids is 1. The molecule has 0 fully saturated rings. The number of aliphatic hydroxyl groups excluding tert-OH is 1. The van der Waals surface area contributed by atoms with Crippen LogP contribution in [0.25, 0.3) is 6.08 Å². The first-order valence-electron chi connectivity index (χ1n) is 7.01. The molecule has 0 aromatic heterocycles. The molecular formula is C18H16N2O3. The quantitative estimate of drug-likeness (QED) is 0.832. The maximum absolute atomic E-state index is 11.8. The van der Waals surface area contributed by atoms with E-state index in [1.54, 1.807) is 18.2 Å². The summed E-state index contributed by atoms with van der Waals surface area (Å²) in [7, 11) is 0. The van der Waals surface area contributed by atoms with Crippen LogP contribution in [0.5, 0.6) is 0 Å². The van der Waals surface area contributed by atoms with E-state index in [-0.39, 0.29) is 12.3 Å². The van der Waals surface area contributed by atoms with Gasteiger partial charge < -0.3 is 9.84 Å². The zero-order chi connectivity index (χ0) is 16.5. The summed E-state index contributed by atoms with van der Waals surface area (Å²) in [6.07, 6.45) is -0.651. The molecule has 2 aromatic rings. The number of nitrogens with zero attached hydrogens (tertiary/aromatic N) is 1. The van der Waals surface area contributed by atoms with E-state index in [0.717, 1.165) is 11.1 Å². The highest BCUT2D eigenvalue weighted by atomic mass is 16.5. The average molecular weight is 308 g/mol. The van der Waals surface area contributed by atoms with Crippen LogP contribution in [0.2, 0.25) is 0 Å². The van der Waals surface area contributed by atoms with Crippen molar-refractivity contribution in [1.82, 2.24) is 5.32 Å². The van der Waals surface area contributed by atoms with Crippen molar-refractivity contribution in [1.29, 1.82) is 5.26 Å². The van der Waals surface area contributed by atoms with Crippen molar-refractivity contribution in [2.75, 3.05) is 0 Å². The fraction of sp³-hybridized carbons (Fsp3) is 0.111. The zero-order valence-electron chi connectivity index (χ0n) is 12.3. The van der Waals surface area contributed by atoms with Crippen molar-refractivity contribution < 1.29 is 14.6 Å². The number of nitrogens with one attached hydrogen (secondary N) is 1. The molecule has 0 bridgehead atoms. The largest absolute Gasteiger partial charge is 0.444 e. The van der Waals surface area contributed by atoms with Gasteiger partial charge in [-0.15, -0.1) is 0 Å². The second-order valence-corrected chi connectivity index (χ2v) is 4.73. The second kappa shape index (κ2) is 8.37. The van der Waals surface area contributed by atoms with Gasteiger partial charge in [0.25, 0.3) is 0 Å². The molecule has 0 radical (unpaired) electrons. The summed E-state index contributed by atoms with van der Waals surface area (Å²) in [5.41, 5.74) is 1.66. The summed E-state index contributed by atoms with van der Waals surface area (Å²) in [6, 6.07) is 20.0. The van der Waals surface area contributed by atoms with Crippen molar-refractivity contribution in [3.63, 3.8) is 0 Å². The lowest BCUT2D eigenvalue weighted by Crippen LogP contribution is -2.29. The van der Waals surface area contributed by atoms with E-state index in [2.05, 4.69) is 5.32 Å². The summed E-state index contributed by atoms with van der Waals surface area (Å²) in [6.45, 7) is 0.105. The minimum atomic E-state index is -1.44. The van der Waals surface area contributed by atoms with Crippen molar-refractivity contribution in [3.05, 3.63) is 77.5 Å². The van der Waals surface area contributed by atoms with E-state index in [0.29, 0.717) is 0 Å². The molecule has 0 spiro atoms. The Bertz CT molecular complexity index is 706. The molecule has 116 valence electrons. The molecule has 0 saturated carbocycles. The van der Waals surface area contributed by atoms with Crippen LogP contribution in [0.15, 0.2) is 66.4 Å². The zero-order valence-corrected chi connectivity index (χ0v) is 12.3. The van der Waals surface area contributed by atoms with Crippen molar-refractivity contribution >= 4 is 12.2 Å². The maximum Gasteiger partial charge on any atom is 0.411 e. The van der Waals surface area contributed by atoms with Gasteiger partial charge in [-0.3, -0.25) is 5.32 Å². The standard InChI is InChI=1S/C18H16N2O3/c19-12-17(21)16(11-14-7-3-1-4-8-14)20-18(22)23-13-15-9-5-2-6-10-15/h1-11,17,21H,13H2,(H,20,22)/b16-11-. The Kier molecular flexibility index (Phi) is 5.92. The van der Waals surface area contributed by atoms with Gasteiger partial charge in [-0.25, -0.2) is 4.79 Å². The van der Waals surface area contributed by atoms with E-state index < -0.39 is 12.2 Å². The van der Waals surface area contributed by atoms with E-state index >= 15 is 0 Å². The molecule has 0 aliphatic carbocycles. The molecule has 1 amide bonds. The third-order valence-corrected chi connectivity index (χ3v) is 3.00. The van der Waals surface area contributed by atoms with Gasteiger partial charge in [0, 0.05) is 0 Å². The van der Waals surface area contributed by atoms with Gasteiger partial charge in [-0.2, -0.15) is 5.26 Å². The lowest BCUT2D eigenvalue weighted by molar-refractivity contribution is 0.139. The molecule has 1 unspecified atom stereocenters. The highest BCUT2D eigenvalue weighted by Gasteiger charge is 2.14. The Morgan fingerprint density at radius 2 is 1.78 bits per heavy atom. The van der Waals surface area contributed by atoms with E-state index in [1.807, 2.05) is 48.5 Å². The Labute approximate surface area is 134 Å². The first-order chi connectivity index (χ1) is 11.2. The number of hydrogen-bond acceptors (Lipinski definition) is 4. The van der Waals surface area contributed by atoms with E-state index in [9.17, 15) is 9.90 Å². The molecule has 23 heavy (non-hydrogen) atoms. The van der Waals surface area contributed by atoms with Gasteiger partial charge in [0.15, 0.2) is 6.10 Å². The predicted molar refractivity (Wildman–Crippen MR) is 85.8 cm³/mol.